The molecule has 0 N–H and O–H groups in total. The molecule has 1 amide bonds. The quantitative estimate of drug-likeness (QED) is 0.658. The zero-order valence-corrected chi connectivity index (χ0v) is 17.9. The Kier molecular flexibility index (Phi) is 6.62. The molecule has 0 radical (unpaired) electrons. The van der Waals surface area contributed by atoms with E-state index in [2.05, 4.69) is 20.0 Å². The molecule has 2 fully saturated rings. The molecule has 1 atom stereocenters. The molecule has 1 saturated carbocycles. The summed E-state index contributed by atoms with van der Waals surface area (Å²) in [5.41, 5.74) is 0.986. The molecule has 4 rings (SSSR count). The van der Waals surface area contributed by atoms with Gasteiger partial charge in [0.05, 0.1) is 12.8 Å². The van der Waals surface area contributed by atoms with Gasteiger partial charge in [0.1, 0.15) is 0 Å². The van der Waals surface area contributed by atoms with Crippen LogP contribution in [0.3, 0.4) is 0 Å². The molecule has 0 aromatic carbocycles. The second-order valence-corrected chi connectivity index (χ2v) is 8.34. The van der Waals surface area contributed by atoms with Crippen LogP contribution in [-0.4, -0.2) is 63.6 Å². The smallest absolute Gasteiger partial charge is 0.229 e. The van der Waals surface area contributed by atoms with E-state index in [1.807, 2.05) is 23.1 Å². The Morgan fingerprint density at radius 3 is 2.87 bits per heavy atom. The number of hydrogen-bond donors (Lipinski definition) is 0. The van der Waals surface area contributed by atoms with Crippen molar-refractivity contribution in [2.75, 3.05) is 26.7 Å². The Labute approximate surface area is 177 Å². The molecule has 8 heteroatoms. The van der Waals surface area contributed by atoms with E-state index in [4.69, 9.17) is 9.26 Å². The number of ether oxygens (including phenoxy) is 1. The first-order valence-electron chi connectivity index (χ1n) is 10.9. The highest BCUT2D eigenvalue weighted by atomic mass is 16.5. The lowest BCUT2D eigenvalue weighted by molar-refractivity contribution is -0.132. The molecular formula is C22H31N5O3. The number of carbonyl (C=O) groups excluding carboxylic acids is 1. The van der Waals surface area contributed by atoms with E-state index >= 15 is 0 Å². The van der Waals surface area contributed by atoms with Gasteiger partial charge in [-0.15, -0.1) is 0 Å². The number of aromatic nitrogens is 3. The molecule has 8 nitrogen and oxygen atoms in total. The van der Waals surface area contributed by atoms with Gasteiger partial charge in [-0.3, -0.25) is 9.69 Å². The van der Waals surface area contributed by atoms with E-state index in [-0.39, 0.29) is 11.9 Å². The number of piperidine rings is 1. The third-order valence-corrected chi connectivity index (χ3v) is 6.22. The zero-order chi connectivity index (χ0) is 20.9. The van der Waals surface area contributed by atoms with E-state index in [1.54, 1.807) is 14.0 Å². The minimum Gasteiger partial charge on any atom is -0.481 e. The summed E-state index contributed by atoms with van der Waals surface area (Å²) < 4.78 is 10.7. The molecule has 162 valence electrons. The van der Waals surface area contributed by atoms with Crippen LogP contribution in [0.15, 0.2) is 22.7 Å². The first kappa shape index (κ1) is 20.8. The van der Waals surface area contributed by atoms with Crippen molar-refractivity contribution >= 4 is 5.91 Å². The van der Waals surface area contributed by atoms with Crippen molar-refractivity contribution < 1.29 is 14.1 Å². The van der Waals surface area contributed by atoms with Crippen LogP contribution in [0.25, 0.3) is 0 Å². The Morgan fingerprint density at radius 1 is 1.27 bits per heavy atom. The molecule has 3 heterocycles. The summed E-state index contributed by atoms with van der Waals surface area (Å²) in [6, 6.07) is 6.03. The molecular weight excluding hydrogens is 382 g/mol. The van der Waals surface area contributed by atoms with Crippen LogP contribution < -0.4 is 4.74 Å². The zero-order valence-electron chi connectivity index (χ0n) is 17.9. The number of likely N-dealkylation sites (tertiary alicyclic amines) is 1. The third-order valence-electron chi connectivity index (χ3n) is 6.22. The fourth-order valence-electron chi connectivity index (χ4n) is 4.33. The molecule has 2 aromatic rings. The van der Waals surface area contributed by atoms with Gasteiger partial charge in [-0.25, -0.2) is 4.98 Å². The standard InChI is InChI=1S/C22H31N5O3/c1-16(28)27(13-11-20-24-22(30-25-20)17-6-3-7-17)19-9-5-12-26(15-19)14-18-8-4-10-21(23-18)29-2/h4,8,10,17,19H,3,5-7,9,11-15H2,1-2H3. The monoisotopic (exact) mass is 413 g/mol. The van der Waals surface area contributed by atoms with Gasteiger partial charge in [-0.05, 0) is 38.3 Å². The molecule has 1 saturated heterocycles. The van der Waals surface area contributed by atoms with Gasteiger partial charge in [-0.1, -0.05) is 17.6 Å². The summed E-state index contributed by atoms with van der Waals surface area (Å²) in [6.45, 7) is 4.89. The summed E-state index contributed by atoms with van der Waals surface area (Å²) in [6.07, 6.45) is 6.23. The summed E-state index contributed by atoms with van der Waals surface area (Å²) in [7, 11) is 1.63. The lowest BCUT2D eigenvalue weighted by Gasteiger charge is -2.39. The van der Waals surface area contributed by atoms with Gasteiger partial charge in [0.25, 0.3) is 0 Å². The highest BCUT2D eigenvalue weighted by molar-refractivity contribution is 5.73. The topological polar surface area (TPSA) is 84.6 Å². The normalized spacial score (nSPS) is 20.0. The summed E-state index contributed by atoms with van der Waals surface area (Å²) in [5.74, 6) is 2.64. The van der Waals surface area contributed by atoms with Crippen LogP contribution in [0.2, 0.25) is 0 Å². The molecule has 2 aliphatic rings. The molecule has 0 bridgehead atoms. The first-order valence-corrected chi connectivity index (χ1v) is 10.9. The van der Waals surface area contributed by atoms with E-state index in [0.29, 0.717) is 30.6 Å². The van der Waals surface area contributed by atoms with Crippen LogP contribution >= 0.6 is 0 Å². The Balaban J connectivity index is 1.34. The van der Waals surface area contributed by atoms with Crippen molar-refractivity contribution in [2.45, 2.75) is 64.0 Å². The van der Waals surface area contributed by atoms with E-state index in [1.165, 1.54) is 6.42 Å². The number of hydrogen-bond acceptors (Lipinski definition) is 7. The largest absolute Gasteiger partial charge is 0.481 e. The van der Waals surface area contributed by atoms with Crippen molar-refractivity contribution in [3.63, 3.8) is 0 Å². The van der Waals surface area contributed by atoms with Crippen LogP contribution in [0, 0.1) is 0 Å². The van der Waals surface area contributed by atoms with Crippen molar-refractivity contribution in [3.05, 3.63) is 35.6 Å². The molecule has 1 unspecified atom stereocenters. The van der Waals surface area contributed by atoms with Crippen LogP contribution in [0.1, 0.15) is 62.4 Å². The molecule has 1 aliphatic heterocycles. The second-order valence-electron chi connectivity index (χ2n) is 8.34. The lowest BCUT2D eigenvalue weighted by atomic mass is 9.85. The van der Waals surface area contributed by atoms with Gasteiger partial charge in [-0.2, -0.15) is 4.98 Å². The number of amides is 1. The summed E-state index contributed by atoms with van der Waals surface area (Å²) in [4.78, 5) is 25.8. The average Bonchev–Trinajstić information content (AvgIpc) is 3.15. The van der Waals surface area contributed by atoms with Crippen LogP contribution in [0.5, 0.6) is 5.88 Å². The van der Waals surface area contributed by atoms with Crippen molar-refractivity contribution in [1.82, 2.24) is 24.9 Å². The SMILES string of the molecule is COc1cccc(CN2CCCC(N(CCc3noc(C4CCC4)n3)C(C)=O)C2)n1. The van der Waals surface area contributed by atoms with Crippen molar-refractivity contribution in [2.24, 2.45) is 0 Å². The first-order chi connectivity index (χ1) is 14.6. The summed E-state index contributed by atoms with van der Waals surface area (Å²) in [5, 5.41) is 4.13. The van der Waals surface area contributed by atoms with Crippen LogP contribution in [0.4, 0.5) is 0 Å². The Morgan fingerprint density at radius 2 is 2.13 bits per heavy atom. The Hall–Kier alpha value is -2.48. The van der Waals surface area contributed by atoms with E-state index in [0.717, 1.165) is 56.9 Å². The highest BCUT2D eigenvalue weighted by Crippen LogP contribution is 2.35. The van der Waals surface area contributed by atoms with Crippen molar-refractivity contribution in [1.29, 1.82) is 0 Å². The minimum atomic E-state index is 0.101. The predicted octanol–water partition coefficient (Wildman–Crippen LogP) is 2.80. The number of nitrogens with zero attached hydrogens (tertiary/aromatic N) is 5. The second kappa shape index (κ2) is 9.55. The predicted molar refractivity (Wildman–Crippen MR) is 111 cm³/mol. The maximum absolute atomic E-state index is 12.4. The molecule has 30 heavy (non-hydrogen) atoms. The van der Waals surface area contributed by atoms with E-state index in [9.17, 15) is 4.79 Å². The number of methoxy groups -OCH3 is 1. The van der Waals surface area contributed by atoms with Gasteiger partial charge < -0.3 is 14.2 Å². The van der Waals surface area contributed by atoms with Gasteiger partial charge in [0.15, 0.2) is 5.82 Å². The van der Waals surface area contributed by atoms with Crippen LogP contribution in [-0.2, 0) is 17.8 Å². The molecule has 0 spiro atoms. The average molecular weight is 414 g/mol. The summed E-state index contributed by atoms with van der Waals surface area (Å²) >= 11 is 0. The molecule has 2 aromatic heterocycles. The van der Waals surface area contributed by atoms with Gasteiger partial charge >= 0.3 is 0 Å². The molecule has 1 aliphatic carbocycles. The van der Waals surface area contributed by atoms with Gasteiger partial charge in [0, 0.05) is 51.0 Å². The number of carbonyl (C=O) groups is 1. The van der Waals surface area contributed by atoms with Gasteiger partial charge in [0.2, 0.25) is 17.7 Å². The fourth-order valence-corrected chi connectivity index (χ4v) is 4.33. The lowest BCUT2D eigenvalue weighted by Crippen LogP contribution is -2.50. The number of rotatable bonds is 8. The third kappa shape index (κ3) is 4.98. The fraction of sp³-hybridized carbons (Fsp3) is 0.636. The maximum atomic E-state index is 12.4. The van der Waals surface area contributed by atoms with E-state index < -0.39 is 0 Å². The van der Waals surface area contributed by atoms with Crippen molar-refractivity contribution in [3.8, 4) is 5.88 Å². The number of pyridine rings is 1. The Bertz CT molecular complexity index is 851. The maximum Gasteiger partial charge on any atom is 0.229 e. The highest BCUT2D eigenvalue weighted by Gasteiger charge is 2.28. The minimum absolute atomic E-state index is 0.101.